The summed E-state index contributed by atoms with van der Waals surface area (Å²) in [4.78, 5) is 28.6. The van der Waals surface area contributed by atoms with Crippen LogP contribution in [0.4, 0.5) is 5.69 Å². The number of aromatic nitrogens is 2. The molecule has 1 aliphatic heterocycles. The van der Waals surface area contributed by atoms with Gasteiger partial charge in [-0.2, -0.15) is 0 Å². The van der Waals surface area contributed by atoms with Gasteiger partial charge in [0.05, 0.1) is 6.20 Å². The zero-order valence-electron chi connectivity index (χ0n) is 10.9. The molecule has 2 aromatic rings. The van der Waals surface area contributed by atoms with Gasteiger partial charge < -0.3 is 5.32 Å². The predicted molar refractivity (Wildman–Crippen MR) is 78.4 cm³/mol. The minimum Gasteiger partial charge on any atom is -0.316 e. The molecule has 1 aliphatic rings. The third-order valence-electron chi connectivity index (χ3n) is 3.19. The van der Waals surface area contributed by atoms with Crippen molar-refractivity contribution in [3.63, 3.8) is 0 Å². The van der Waals surface area contributed by atoms with Crippen molar-refractivity contribution in [3.8, 4) is 0 Å². The molecule has 102 valence electrons. The van der Waals surface area contributed by atoms with Crippen molar-refractivity contribution >= 4 is 23.4 Å². The Hall–Kier alpha value is -2.08. The molecule has 0 saturated carbocycles. The molecule has 0 bridgehead atoms. The zero-order chi connectivity index (χ0) is 14.1. The molecule has 0 aliphatic carbocycles. The Balaban J connectivity index is 1.91. The van der Waals surface area contributed by atoms with Crippen LogP contribution in [0.3, 0.4) is 0 Å². The normalized spacial score (nSPS) is 13.1. The van der Waals surface area contributed by atoms with E-state index in [-0.39, 0.29) is 17.2 Å². The van der Waals surface area contributed by atoms with Crippen molar-refractivity contribution in [2.75, 3.05) is 11.1 Å². The number of hydrogen-bond donors (Lipinski definition) is 1. The number of aryl methyl sites for hydroxylation is 1. The standard InChI is InChI=1S/C14H13N3O2S/c1-9-4-2-3-5-10(9)12(18)16-11-8-15-14-17(13(11)19)6-7-20-14/h2-5,8H,6-7H2,1H3,(H,16,18). The van der Waals surface area contributed by atoms with Gasteiger partial charge in [0.25, 0.3) is 11.5 Å². The van der Waals surface area contributed by atoms with Gasteiger partial charge in [0.15, 0.2) is 5.16 Å². The summed E-state index contributed by atoms with van der Waals surface area (Å²) < 4.78 is 1.60. The van der Waals surface area contributed by atoms with Crippen LogP contribution >= 0.6 is 11.8 Å². The summed E-state index contributed by atoms with van der Waals surface area (Å²) in [6.45, 7) is 2.50. The monoisotopic (exact) mass is 287 g/mol. The van der Waals surface area contributed by atoms with E-state index < -0.39 is 0 Å². The topological polar surface area (TPSA) is 64.0 Å². The second-order valence-corrected chi connectivity index (χ2v) is 5.59. The molecule has 6 heteroatoms. The molecule has 0 fully saturated rings. The molecule has 0 saturated heterocycles. The minimum atomic E-state index is -0.284. The molecule has 0 atom stereocenters. The first kappa shape index (κ1) is 12.9. The third-order valence-corrected chi connectivity index (χ3v) is 4.17. The molecular formula is C14H13N3O2S. The van der Waals surface area contributed by atoms with Crippen LogP contribution in [0.1, 0.15) is 15.9 Å². The van der Waals surface area contributed by atoms with Gasteiger partial charge in [-0.1, -0.05) is 30.0 Å². The van der Waals surface area contributed by atoms with Crippen LogP contribution in [0.15, 0.2) is 40.4 Å². The van der Waals surface area contributed by atoms with Crippen molar-refractivity contribution in [1.82, 2.24) is 9.55 Å². The number of carbonyl (C=O) groups excluding carboxylic acids is 1. The van der Waals surface area contributed by atoms with E-state index in [0.29, 0.717) is 17.3 Å². The molecule has 2 heterocycles. The first-order valence-electron chi connectivity index (χ1n) is 6.26. The summed E-state index contributed by atoms with van der Waals surface area (Å²) in [7, 11) is 0. The number of fused-ring (bicyclic) bond motifs is 1. The lowest BCUT2D eigenvalue weighted by atomic mass is 10.1. The predicted octanol–water partition coefficient (Wildman–Crippen LogP) is 1.91. The summed E-state index contributed by atoms with van der Waals surface area (Å²) in [5.41, 5.74) is 1.47. The van der Waals surface area contributed by atoms with Crippen LogP contribution < -0.4 is 10.9 Å². The van der Waals surface area contributed by atoms with E-state index in [1.165, 1.54) is 6.20 Å². The van der Waals surface area contributed by atoms with Crippen LogP contribution in [0, 0.1) is 6.92 Å². The fourth-order valence-corrected chi connectivity index (χ4v) is 3.03. The van der Waals surface area contributed by atoms with Crippen molar-refractivity contribution < 1.29 is 4.79 Å². The number of anilines is 1. The number of thioether (sulfide) groups is 1. The van der Waals surface area contributed by atoms with Crippen LogP contribution in [-0.2, 0) is 6.54 Å². The van der Waals surface area contributed by atoms with Crippen molar-refractivity contribution in [2.24, 2.45) is 0 Å². The number of benzene rings is 1. The van der Waals surface area contributed by atoms with Crippen LogP contribution in [0.2, 0.25) is 0 Å². The Kier molecular flexibility index (Phi) is 3.31. The number of hydrogen-bond acceptors (Lipinski definition) is 4. The first-order chi connectivity index (χ1) is 9.66. The highest BCUT2D eigenvalue weighted by atomic mass is 32.2. The second-order valence-electron chi connectivity index (χ2n) is 4.53. The molecule has 0 unspecified atom stereocenters. The van der Waals surface area contributed by atoms with Crippen molar-refractivity contribution in [3.05, 3.63) is 51.9 Å². The summed E-state index contributed by atoms with van der Waals surface area (Å²) >= 11 is 1.55. The molecule has 1 aromatic carbocycles. The average molecular weight is 287 g/mol. The lowest BCUT2D eigenvalue weighted by Crippen LogP contribution is -2.26. The summed E-state index contributed by atoms with van der Waals surface area (Å²) in [5, 5.41) is 3.36. The third kappa shape index (κ3) is 2.22. The largest absolute Gasteiger partial charge is 0.316 e. The highest BCUT2D eigenvalue weighted by molar-refractivity contribution is 7.99. The quantitative estimate of drug-likeness (QED) is 0.857. The maximum atomic E-state index is 12.2. The number of amides is 1. The Labute approximate surface area is 120 Å². The van der Waals surface area contributed by atoms with Gasteiger partial charge in [0, 0.05) is 17.9 Å². The second kappa shape index (κ2) is 5.13. The highest BCUT2D eigenvalue weighted by Gasteiger charge is 2.18. The van der Waals surface area contributed by atoms with E-state index in [1.54, 1.807) is 28.5 Å². The Bertz CT molecular complexity index is 739. The molecular weight excluding hydrogens is 274 g/mol. The Morgan fingerprint density at radius 3 is 3.00 bits per heavy atom. The number of rotatable bonds is 2. The molecule has 0 spiro atoms. The lowest BCUT2D eigenvalue weighted by molar-refractivity contribution is 0.102. The molecule has 1 N–H and O–H groups in total. The van der Waals surface area contributed by atoms with Gasteiger partial charge in [0.1, 0.15) is 5.69 Å². The smallest absolute Gasteiger partial charge is 0.277 e. The molecule has 1 aromatic heterocycles. The SMILES string of the molecule is Cc1ccccc1C(=O)Nc1cnc2n(c1=O)CCS2. The number of nitrogens with one attached hydrogen (secondary N) is 1. The number of carbonyl (C=O) groups is 1. The van der Waals surface area contributed by atoms with E-state index in [1.807, 2.05) is 19.1 Å². The molecule has 1 amide bonds. The first-order valence-corrected chi connectivity index (χ1v) is 7.25. The fourth-order valence-electron chi connectivity index (χ4n) is 2.12. The van der Waals surface area contributed by atoms with E-state index in [2.05, 4.69) is 10.3 Å². The molecule has 0 radical (unpaired) electrons. The van der Waals surface area contributed by atoms with Crippen LogP contribution in [0.5, 0.6) is 0 Å². The summed E-state index contributed by atoms with van der Waals surface area (Å²) in [6.07, 6.45) is 1.43. The average Bonchev–Trinajstić information content (AvgIpc) is 2.91. The minimum absolute atomic E-state index is 0.193. The maximum absolute atomic E-state index is 12.2. The van der Waals surface area contributed by atoms with Gasteiger partial charge in [-0.3, -0.25) is 14.2 Å². The lowest BCUT2D eigenvalue weighted by Gasteiger charge is -2.08. The fraction of sp³-hybridized carbons (Fsp3) is 0.214. The van der Waals surface area contributed by atoms with Gasteiger partial charge in [-0.05, 0) is 18.6 Å². The van der Waals surface area contributed by atoms with Gasteiger partial charge in [-0.15, -0.1) is 0 Å². The number of nitrogens with zero attached hydrogens (tertiary/aromatic N) is 2. The molecule has 3 rings (SSSR count). The van der Waals surface area contributed by atoms with Crippen LogP contribution in [-0.4, -0.2) is 21.2 Å². The Morgan fingerprint density at radius 1 is 1.40 bits per heavy atom. The summed E-state index contributed by atoms with van der Waals surface area (Å²) in [6, 6.07) is 7.26. The Morgan fingerprint density at radius 2 is 2.20 bits per heavy atom. The van der Waals surface area contributed by atoms with E-state index in [4.69, 9.17) is 0 Å². The molecule has 5 nitrogen and oxygen atoms in total. The van der Waals surface area contributed by atoms with E-state index >= 15 is 0 Å². The van der Waals surface area contributed by atoms with Gasteiger partial charge in [0.2, 0.25) is 0 Å². The molecule has 20 heavy (non-hydrogen) atoms. The van der Waals surface area contributed by atoms with Crippen molar-refractivity contribution in [2.45, 2.75) is 18.6 Å². The van der Waals surface area contributed by atoms with E-state index in [9.17, 15) is 9.59 Å². The van der Waals surface area contributed by atoms with Gasteiger partial charge in [-0.25, -0.2) is 4.98 Å². The zero-order valence-corrected chi connectivity index (χ0v) is 11.7. The maximum Gasteiger partial charge on any atom is 0.277 e. The summed E-state index contributed by atoms with van der Waals surface area (Å²) in [5.74, 6) is 0.561. The van der Waals surface area contributed by atoms with E-state index in [0.717, 1.165) is 11.3 Å². The van der Waals surface area contributed by atoms with Crippen molar-refractivity contribution in [1.29, 1.82) is 0 Å². The van der Waals surface area contributed by atoms with Crippen LogP contribution in [0.25, 0.3) is 0 Å². The van der Waals surface area contributed by atoms with Gasteiger partial charge >= 0.3 is 0 Å². The highest BCUT2D eigenvalue weighted by Crippen LogP contribution is 2.21.